The van der Waals surface area contributed by atoms with Crippen LogP contribution in [0.1, 0.15) is 55.5 Å². The van der Waals surface area contributed by atoms with Gasteiger partial charge in [-0.1, -0.05) is 18.2 Å². The van der Waals surface area contributed by atoms with Gasteiger partial charge in [0.25, 0.3) is 5.91 Å². The largest absolute Gasteiger partial charge is 0.495 e. The molecule has 0 aliphatic heterocycles. The van der Waals surface area contributed by atoms with Crippen LogP contribution in [0.15, 0.2) is 51.8 Å². The predicted octanol–water partition coefficient (Wildman–Crippen LogP) is 5.00. The standard InChI is InChI=1S/C29H31F2N3O6S/c1-39-23-16-20(8-9-25(23)41(2,37)38)19-6-7-21-17-24(40-22(21)15-19)27(36)33-14-4-11-29(30,31)10-3-5-26(35)34-28(18-32)12-13-28/h6-9,15-17H,3-5,10-14H2,1-2H3,(H,33,36)(H,34,35). The second-order valence-corrected chi connectivity index (χ2v) is 12.3. The number of amides is 2. The summed E-state index contributed by atoms with van der Waals surface area (Å²) >= 11 is 0. The Labute approximate surface area is 236 Å². The van der Waals surface area contributed by atoms with E-state index in [9.17, 15) is 26.8 Å². The van der Waals surface area contributed by atoms with Gasteiger partial charge in [-0.3, -0.25) is 9.59 Å². The second kappa shape index (κ2) is 11.9. The van der Waals surface area contributed by atoms with Crippen LogP contribution in [-0.2, 0) is 14.6 Å². The molecule has 218 valence electrons. The van der Waals surface area contributed by atoms with E-state index in [-0.39, 0.29) is 42.2 Å². The number of halogens is 2. The summed E-state index contributed by atoms with van der Waals surface area (Å²) in [5.74, 6) is -3.66. The number of benzene rings is 2. The minimum absolute atomic E-state index is 0.00228. The van der Waals surface area contributed by atoms with Crippen LogP contribution in [0.5, 0.6) is 5.75 Å². The first kappa shape index (κ1) is 30.0. The number of hydrogen-bond acceptors (Lipinski definition) is 7. The molecular weight excluding hydrogens is 556 g/mol. The molecular formula is C29H31F2N3O6S. The molecule has 12 heteroatoms. The third kappa shape index (κ3) is 7.61. The van der Waals surface area contributed by atoms with E-state index in [4.69, 9.17) is 14.4 Å². The summed E-state index contributed by atoms with van der Waals surface area (Å²) in [5.41, 5.74) is 1.03. The number of hydrogen-bond donors (Lipinski definition) is 2. The lowest BCUT2D eigenvalue weighted by molar-refractivity contribution is -0.122. The fraction of sp³-hybridized carbons (Fsp3) is 0.414. The van der Waals surface area contributed by atoms with Crippen molar-refractivity contribution in [1.29, 1.82) is 5.26 Å². The molecule has 1 saturated carbocycles. The molecule has 1 aliphatic rings. The van der Waals surface area contributed by atoms with E-state index < -0.39 is 46.0 Å². The van der Waals surface area contributed by atoms with Crippen LogP contribution >= 0.6 is 0 Å². The maximum atomic E-state index is 14.2. The number of methoxy groups -OCH3 is 1. The summed E-state index contributed by atoms with van der Waals surface area (Å²) in [7, 11) is -2.08. The number of nitriles is 1. The van der Waals surface area contributed by atoms with E-state index in [0.717, 1.165) is 6.26 Å². The first-order chi connectivity index (χ1) is 19.3. The van der Waals surface area contributed by atoms with Gasteiger partial charge in [-0.2, -0.15) is 5.26 Å². The number of rotatable bonds is 13. The fourth-order valence-electron chi connectivity index (χ4n) is 4.46. The smallest absolute Gasteiger partial charge is 0.287 e. The lowest BCUT2D eigenvalue weighted by atomic mass is 10.0. The average molecular weight is 588 g/mol. The molecule has 41 heavy (non-hydrogen) atoms. The number of ether oxygens (including phenoxy) is 1. The first-order valence-corrected chi connectivity index (χ1v) is 15.0. The van der Waals surface area contributed by atoms with Crippen LogP contribution in [0.2, 0.25) is 0 Å². The maximum Gasteiger partial charge on any atom is 0.287 e. The Kier molecular flexibility index (Phi) is 8.68. The van der Waals surface area contributed by atoms with Gasteiger partial charge in [-0.15, -0.1) is 0 Å². The Hall–Kier alpha value is -3.98. The van der Waals surface area contributed by atoms with Gasteiger partial charge in [-0.05, 0) is 61.1 Å². The van der Waals surface area contributed by atoms with Gasteiger partial charge in [0.2, 0.25) is 11.8 Å². The van der Waals surface area contributed by atoms with Crippen molar-refractivity contribution in [3.8, 4) is 22.9 Å². The molecule has 1 fully saturated rings. The van der Waals surface area contributed by atoms with Crippen LogP contribution in [0.3, 0.4) is 0 Å². The van der Waals surface area contributed by atoms with Crippen molar-refractivity contribution in [3.05, 3.63) is 48.2 Å². The molecule has 1 aromatic heterocycles. The number of fused-ring (bicyclic) bond motifs is 1. The Balaban J connectivity index is 1.28. The Morgan fingerprint density at radius 2 is 1.78 bits per heavy atom. The molecule has 2 N–H and O–H groups in total. The summed E-state index contributed by atoms with van der Waals surface area (Å²) in [4.78, 5) is 24.5. The highest BCUT2D eigenvalue weighted by Gasteiger charge is 2.44. The van der Waals surface area contributed by atoms with Crippen LogP contribution < -0.4 is 15.4 Å². The number of furan rings is 1. The van der Waals surface area contributed by atoms with Crippen LogP contribution in [0.4, 0.5) is 8.78 Å². The number of alkyl halides is 2. The number of sulfone groups is 1. The predicted molar refractivity (Wildman–Crippen MR) is 147 cm³/mol. The lowest BCUT2D eigenvalue weighted by Crippen LogP contribution is -2.35. The minimum Gasteiger partial charge on any atom is -0.495 e. The molecule has 1 aliphatic carbocycles. The van der Waals surface area contributed by atoms with Gasteiger partial charge < -0.3 is 19.8 Å². The number of carbonyl (C=O) groups is 2. The zero-order valence-corrected chi connectivity index (χ0v) is 23.6. The molecule has 2 aromatic carbocycles. The van der Waals surface area contributed by atoms with Crippen molar-refractivity contribution in [2.75, 3.05) is 19.9 Å². The van der Waals surface area contributed by atoms with Gasteiger partial charge in [0.1, 0.15) is 21.8 Å². The molecule has 0 spiro atoms. The highest BCUT2D eigenvalue weighted by atomic mass is 32.2. The van der Waals surface area contributed by atoms with Crippen molar-refractivity contribution in [2.24, 2.45) is 0 Å². The van der Waals surface area contributed by atoms with Gasteiger partial charge in [0, 0.05) is 37.4 Å². The topological polar surface area (TPSA) is 138 Å². The molecule has 2 amide bonds. The van der Waals surface area contributed by atoms with Gasteiger partial charge in [-0.25, -0.2) is 17.2 Å². The van der Waals surface area contributed by atoms with Crippen LogP contribution in [0, 0.1) is 11.3 Å². The summed E-state index contributed by atoms with van der Waals surface area (Å²) in [5, 5.41) is 14.8. The van der Waals surface area contributed by atoms with Crippen LogP contribution in [0.25, 0.3) is 22.1 Å². The second-order valence-electron chi connectivity index (χ2n) is 10.3. The normalized spacial score (nSPS) is 14.3. The van der Waals surface area contributed by atoms with E-state index in [0.29, 0.717) is 34.9 Å². The molecule has 4 rings (SSSR count). The number of nitrogens with one attached hydrogen (secondary N) is 2. The van der Waals surface area contributed by atoms with Gasteiger partial charge in [0.15, 0.2) is 15.6 Å². The van der Waals surface area contributed by atoms with E-state index in [2.05, 4.69) is 10.6 Å². The zero-order chi connectivity index (χ0) is 29.8. The van der Waals surface area contributed by atoms with Crippen molar-refractivity contribution in [3.63, 3.8) is 0 Å². The lowest BCUT2D eigenvalue weighted by Gasteiger charge is -2.16. The van der Waals surface area contributed by atoms with Gasteiger partial charge in [0.05, 0.1) is 13.2 Å². The van der Waals surface area contributed by atoms with Crippen LogP contribution in [-0.4, -0.2) is 51.6 Å². The monoisotopic (exact) mass is 587 g/mol. The summed E-state index contributed by atoms with van der Waals surface area (Å²) in [6.45, 7) is 0.0222. The molecule has 0 radical (unpaired) electrons. The van der Waals surface area contributed by atoms with Gasteiger partial charge >= 0.3 is 0 Å². The maximum absolute atomic E-state index is 14.2. The Bertz CT molecular complexity index is 1610. The highest BCUT2D eigenvalue weighted by molar-refractivity contribution is 7.90. The van der Waals surface area contributed by atoms with Crippen molar-refractivity contribution in [2.45, 2.75) is 61.3 Å². The van der Waals surface area contributed by atoms with E-state index >= 15 is 0 Å². The molecule has 3 aromatic rings. The summed E-state index contributed by atoms with van der Waals surface area (Å²) in [6, 6.07) is 13.6. The molecule has 1 heterocycles. The molecule has 9 nitrogen and oxygen atoms in total. The first-order valence-electron chi connectivity index (χ1n) is 13.2. The number of nitrogens with zero attached hydrogens (tertiary/aromatic N) is 1. The Morgan fingerprint density at radius 1 is 1.10 bits per heavy atom. The average Bonchev–Trinajstić information content (AvgIpc) is 3.56. The summed E-state index contributed by atoms with van der Waals surface area (Å²) < 4.78 is 63.3. The highest BCUT2D eigenvalue weighted by Crippen LogP contribution is 2.35. The van der Waals surface area contributed by atoms with Crippen molar-refractivity contribution in [1.82, 2.24) is 10.6 Å². The minimum atomic E-state index is -3.47. The molecule has 0 unspecified atom stereocenters. The summed E-state index contributed by atoms with van der Waals surface area (Å²) in [6.07, 6.45) is 1.36. The third-order valence-electron chi connectivity index (χ3n) is 6.93. The van der Waals surface area contributed by atoms with Crippen molar-refractivity contribution >= 4 is 32.6 Å². The Morgan fingerprint density at radius 3 is 2.44 bits per heavy atom. The molecule has 0 atom stereocenters. The van der Waals surface area contributed by atoms with E-state index in [1.807, 2.05) is 6.07 Å². The molecule has 0 bridgehead atoms. The number of carbonyl (C=O) groups excluding carboxylic acids is 2. The fourth-order valence-corrected chi connectivity index (χ4v) is 5.29. The van der Waals surface area contributed by atoms with E-state index in [1.54, 1.807) is 36.4 Å². The van der Waals surface area contributed by atoms with E-state index in [1.165, 1.54) is 13.2 Å². The quantitative estimate of drug-likeness (QED) is 0.268. The molecule has 0 saturated heterocycles. The van der Waals surface area contributed by atoms with Crippen molar-refractivity contribution < 1.29 is 35.9 Å². The third-order valence-corrected chi connectivity index (χ3v) is 8.07. The zero-order valence-electron chi connectivity index (χ0n) is 22.8. The SMILES string of the molecule is COc1cc(-c2ccc3cc(C(=O)NCCCC(F)(F)CCCC(=O)NC4(C#N)CC4)oc3c2)ccc1S(C)(=O)=O.